The number of thioether (sulfide) groups is 1. The van der Waals surface area contributed by atoms with Crippen LogP contribution in [0.1, 0.15) is 5.56 Å². The summed E-state index contributed by atoms with van der Waals surface area (Å²) in [5, 5.41) is 3.73. The summed E-state index contributed by atoms with van der Waals surface area (Å²) in [6, 6.07) is 9.42. The second-order valence-electron chi connectivity index (χ2n) is 5.54. The molecule has 0 amide bonds. The summed E-state index contributed by atoms with van der Waals surface area (Å²) in [5.74, 6) is 0.985. The summed E-state index contributed by atoms with van der Waals surface area (Å²) >= 11 is 1.38. The number of carbonyl (C=O) groups is 1. The predicted molar refractivity (Wildman–Crippen MR) is 112 cm³/mol. The zero-order valence-corrected chi connectivity index (χ0v) is 16.9. The van der Waals surface area contributed by atoms with E-state index in [9.17, 15) is 9.18 Å². The summed E-state index contributed by atoms with van der Waals surface area (Å²) in [4.78, 5) is 12.3. The Hall–Kier alpha value is -2.93. The molecule has 5 nitrogen and oxygen atoms in total. The van der Waals surface area contributed by atoms with Gasteiger partial charge in [0.25, 0.3) is 0 Å². The van der Waals surface area contributed by atoms with E-state index >= 15 is 0 Å². The smallest absolute Gasteiger partial charge is 0.203 e. The molecule has 0 aliphatic carbocycles. The van der Waals surface area contributed by atoms with Crippen LogP contribution in [0.4, 0.5) is 10.1 Å². The third-order valence-corrected chi connectivity index (χ3v) is 4.39. The Morgan fingerprint density at radius 1 is 1.04 bits per heavy atom. The zero-order valence-electron chi connectivity index (χ0n) is 16.1. The number of hydrogen-bond donors (Lipinski definition) is 1. The third-order valence-electron chi connectivity index (χ3n) is 3.73. The molecule has 0 bridgehead atoms. The standard InChI is InChI=1S/C21H22FNO4S/c1-25-18-11-14(12-19(26-2)21(18)27-3)5-10-17(24)13-20(28-4)23-16-8-6-15(22)7-9-16/h5-13,23H,1-4H3/b10-5+,20-13+. The quantitative estimate of drug-likeness (QED) is 0.610. The molecule has 2 rings (SSSR count). The van der Waals surface area contributed by atoms with Crippen LogP contribution in [0.25, 0.3) is 6.08 Å². The van der Waals surface area contributed by atoms with Gasteiger partial charge in [0, 0.05) is 11.8 Å². The number of allylic oxidation sites excluding steroid dienone is 2. The fourth-order valence-electron chi connectivity index (χ4n) is 2.37. The predicted octanol–water partition coefficient (Wildman–Crippen LogP) is 4.75. The van der Waals surface area contributed by atoms with Crippen LogP contribution in [-0.2, 0) is 4.79 Å². The number of rotatable bonds is 9. The molecule has 0 aliphatic heterocycles. The molecule has 0 aromatic heterocycles. The Bertz CT molecular complexity index is 853. The van der Waals surface area contributed by atoms with E-state index in [2.05, 4.69) is 5.32 Å². The Morgan fingerprint density at radius 2 is 1.64 bits per heavy atom. The number of benzene rings is 2. The fraction of sp³-hybridized carbons (Fsp3) is 0.190. The van der Waals surface area contributed by atoms with Gasteiger partial charge in [0.15, 0.2) is 17.3 Å². The molecule has 0 heterocycles. The van der Waals surface area contributed by atoms with E-state index in [1.54, 1.807) is 30.3 Å². The summed E-state index contributed by atoms with van der Waals surface area (Å²) < 4.78 is 28.9. The van der Waals surface area contributed by atoms with E-state index < -0.39 is 0 Å². The molecule has 2 aromatic carbocycles. The first-order valence-electron chi connectivity index (χ1n) is 8.31. The van der Waals surface area contributed by atoms with Gasteiger partial charge in [-0.25, -0.2) is 4.39 Å². The number of hydrogen-bond acceptors (Lipinski definition) is 6. The zero-order chi connectivity index (χ0) is 20.5. The van der Waals surface area contributed by atoms with Gasteiger partial charge in [-0.15, -0.1) is 11.8 Å². The average Bonchev–Trinajstić information content (AvgIpc) is 2.72. The first-order chi connectivity index (χ1) is 13.5. The molecule has 0 unspecified atom stereocenters. The van der Waals surface area contributed by atoms with Crippen molar-refractivity contribution in [2.45, 2.75) is 0 Å². The maximum Gasteiger partial charge on any atom is 0.203 e. The molecule has 0 aliphatic rings. The molecule has 2 aromatic rings. The van der Waals surface area contributed by atoms with Crippen LogP contribution in [0.5, 0.6) is 17.2 Å². The molecule has 148 valence electrons. The van der Waals surface area contributed by atoms with E-state index in [4.69, 9.17) is 14.2 Å². The number of methoxy groups -OCH3 is 3. The van der Waals surface area contributed by atoms with Gasteiger partial charge in [-0.05, 0) is 54.3 Å². The molecular formula is C21H22FNO4S. The van der Waals surface area contributed by atoms with Crippen LogP contribution >= 0.6 is 11.8 Å². The maximum absolute atomic E-state index is 13.0. The minimum Gasteiger partial charge on any atom is -0.493 e. The highest BCUT2D eigenvalue weighted by Gasteiger charge is 2.12. The maximum atomic E-state index is 13.0. The van der Waals surface area contributed by atoms with Crippen LogP contribution in [0.3, 0.4) is 0 Å². The van der Waals surface area contributed by atoms with Crippen LogP contribution < -0.4 is 19.5 Å². The minimum atomic E-state index is -0.315. The average molecular weight is 403 g/mol. The first kappa shape index (κ1) is 21.4. The number of carbonyl (C=O) groups excluding carboxylic acids is 1. The fourth-order valence-corrected chi connectivity index (χ4v) is 2.83. The molecule has 0 atom stereocenters. The SMILES string of the molecule is COc1cc(/C=C/C(=O)/C=C(\Nc2ccc(F)cc2)SC)cc(OC)c1OC. The lowest BCUT2D eigenvalue weighted by atomic mass is 10.1. The van der Waals surface area contributed by atoms with Crippen molar-refractivity contribution in [3.05, 3.63) is 65.0 Å². The highest BCUT2D eigenvalue weighted by molar-refractivity contribution is 8.02. The van der Waals surface area contributed by atoms with Crippen LogP contribution in [0.2, 0.25) is 0 Å². The second kappa shape index (κ2) is 10.4. The van der Waals surface area contributed by atoms with Crippen LogP contribution in [0.15, 0.2) is 53.6 Å². The Labute approximate surface area is 168 Å². The van der Waals surface area contributed by atoms with Gasteiger partial charge in [-0.1, -0.05) is 6.08 Å². The van der Waals surface area contributed by atoms with E-state index in [1.165, 1.54) is 57.4 Å². The van der Waals surface area contributed by atoms with Gasteiger partial charge in [-0.3, -0.25) is 4.79 Å². The molecule has 0 fully saturated rings. The van der Waals surface area contributed by atoms with Crippen LogP contribution in [-0.4, -0.2) is 33.4 Å². The lowest BCUT2D eigenvalue weighted by Crippen LogP contribution is -1.99. The van der Waals surface area contributed by atoms with Crippen molar-refractivity contribution in [2.75, 3.05) is 32.9 Å². The van der Waals surface area contributed by atoms with E-state index in [0.717, 1.165) is 5.56 Å². The van der Waals surface area contributed by atoms with Crippen molar-refractivity contribution in [3.63, 3.8) is 0 Å². The van der Waals surface area contributed by atoms with Gasteiger partial charge in [0.05, 0.1) is 26.4 Å². The first-order valence-corrected chi connectivity index (χ1v) is 9.53. The van der Waals surface area contributed by atoms with Gasteiger partial charge >= 0.3 is 0 Å². The highest BCUT2D eigenvalue weighted by Crippen LogP contribution is 2.38. The van der Waals surface area contributed by atoms with E-state index in [-0.39, 0.29) is 11.6 Å². The lowest BCUT2D eigenvalue weighted by Gasteiger charge is -2.12. The molecule has 7 heteroatoms. The second-order valence-corrected chi connectivity index (χ2v) is 6.39. The largest absolute Gasteiger partial charge is 0.493 e. The highest BCUT2D eigenvalue weighted by atomic mass is 32.2. The Balaban J connectivity index is 2.17. The molecule has 28 heavy (non-hydrogen) atoms. The molecule has 0 spiro atoms. The van der Waals surface area contributed by atoms with Crippen molar-refractivity contribution < 1.29 is 23.4 Å². The molecular weight excluding hydrogens is 381 g/mol. The molecule has 0 saturated carbocycles. The van der Waals surface area contributed by atoms with Crippen LogP contribution in [0, 0.1) is 5.82 Å². The number of nitrogens with one attached hydrogen (secondary N) is 1. The van der Waals surface area contributed by atoms with Crippen molar-refractivity contribution in [2.24, 2.45) is 0 Å². The van der Waals surface area contributed by atoms with Crippen molar-refractivity contribution in [3.8, 4) is 17.2 Å². The number of ether oxygens (including phenoxy) is 3. The van der Waals surface area contributed by atoms with Gasteiger partial charge < -0.3 is 19.5 Å². The minimum absolute atomic E-state index is 0.201. The van der Waals surface area contributed by atoms with Gasteiger partial charge in [-0.2, -0.15) is 0 Å². The monoisotopic (exact) mass is 403 g/mol. The van der Waals surface area contributed by atoms with E-state index in [1.807, 2.05) is 6.26 Å². The number of anilines is 1. The van der Waals surface area contributed by atoms with E-state index in [0.29, 0.717) is 28.0 Å². The van der Waals surface area contributed by atoms with Gasteiger partial charge in [0.1, 0.15) is 5.82 Å². The normalized spacial score (nSPS) is 11.4. The van der Waals surface area contributed by atoms with Crippen molar-refractivity contribution in [1.82, 2.24) is 0 Å². The summed E-state index contributed by atoms with van der Waals surface area (Å²) in [7, 11) is 4.59. The number of ketones is 1. The third kappa shape index (κ3) is 5.79. The van der Waals surface area contributed by atoms with Gasteiger partial charge in [0.2, 0.25) is 5.75 Å². The lowest BCUT2D eigenvalue weighted by molar-refractivity contribution is -0.110. The van der Waals surface area contributed by atoms with Crippen molar-refractivity contribution in [1.29, 1.82) is 0 Å². The summed E-state index contributed by atoms with van der Waals surface area (Å²) in [6.45, 7) is 0. The van der Waals surface area contributed by atoms with Crippen molar-refractivity contribution >= 4 is 29.3 Å². The molecule has 0 radical (unpaired) electrons. The Kier molecular flexibility index (Phi) is 7.95. The topological polar surface area (TPSA) is 56.8 Å². The summed E-state index contributed by atoms with van der Waals surface area (Å²) in [6.07, 6.45) is 6.43. The summed E-state index contributed by atoms with van der Waals surface area (Å²) in [5.41, 5.74) is 1.43. The molecule has 0 saturated heterocycles. The number of halogens is 1. The Morgan fingerprint density at radius 3 is 2.14 bits per heavy atom. The molecule has 1 N–H and O–H groups in total.